The van der Waals surface area contributed by atoms with Crippen LogP contribution in [-0.2, 0) is 9.59 Å². The lowest BCUT2D eigenvalue weighted by atomic mass is 10.1. The first-order chi connectivity index (χ1) is 14.3. The van der Waals surface area contributed by atoms with E-state index < -0.39 is 0 Å². The molecule has 2 heterocycles. The van der Waals surface area contributed by atoms with Crippen LogP contribution in [-0.4, -0.2) is 83.9 Å². The van der Waals surface area contributed by atoms with Gasteiger partial charge in [0.15, 0.2) is 6.54 Å². The third kappa shape index (κ3) is 6.56. The van der Waals surface area contributed by atoms with E-state index in [9.17, 15) is 14.4 Å². The molecule has 8 nitrogen and oxygen atoms in total. The van der Waals surface area contributed by atoms with Crippen LogP contribution in [0.25, 0.3) is 0 Å². The van der Waals surface area contributed by atoms with Gasteiger partial charge in [0, 0.05) is 30.0 Å². The van der Waals surface area contributed by atoms with Crippen molar-refractivity contribution in [2.75, 3.05) is 46.3 Å². The second-order valence-corrected chi connectivity index (χ2v) is 10.0. The van der Waals surface area contributed by atoms with Crippen molar-refractivity contribution >= 4 is 17.7 Å². The average Bonchev–Trinajstić information content (AvgIpc) is 2.94. The number of amides is 3. The first-order valence-electron chi connectivity index (χ1n) is 11.2. The van der Waals surface area contributed by atoms with E-state index in [1.165, 1.54) is 9.80 Å². The summed E-state index contributed by atoms with van der Waals surface area (Å²) in [7, 11) is 1.68. The number of carbonyl (C=O) groups is 3. The van der Waals surface area contributed by atoms with E-state index in [2.05, 4.69) is 23.7 Å². The van der Waals surface area contributed by atoms with Gasteiger partial charge in [-0.2, -0.15) is 0 Å². The van der Waals surface area contributed by atoms with Gasteiger partial charge >= 0.3 is 0 Å². The van der Waals surface area contributed by atoms with Gasteiger partial charge in [0.25, 0.3) is 11.8 Å². The second-order valence-electron chi connectivity index (χ2n) is 10.0. The summed E-state index contributed by atoms with van der Waals surface area (Å²) in [5.74, 6) is -0.144. The molecule has 1 fully saturated rings. The molecular weight excluding hydrogens is 394 g/mol. The van der Waals surface area contributed by atoms with E-state index in [0.717, 1.165) is 24.5 Å². The first-order valence-corrected chi connectivity index (χ1v) is 11.2. The lowest BCUT2D eigenvalue weighted by molar-refractivity contribution is -0.896. The van der Waals surface area contributed by atoms with Crippen LogP contribution in [0.1, 0.15) is 62.4 Å². The highest BCUT2D eigenvalue weighted by Crippen LogP contribution is 2.21. The van der Waals surface area contributed by atoms with Gasteiger partial charge in [-0.05, 0) is 54.5 Å². The lowest BCUT2D eigenvalue weighted by Gasteiger charge is -2.33. The Morgan fingerprint density at radius 2 is 1.74 bits per heavy atom. The zero-order valence-corrected chi connectivity index (χ0v) is 20.5. The molecule has 174 valence electrons. The molecule has 0 unspecified atom stereocenters. The van der Waals surface area contributed by atoms with Crippen molar-refractivity contribution in [1.29, 1.82) is 0 Å². The van der Waals surface area contributed by atoms with Crippen LogP contribution in [0, 0.1) is 13.8 Å². The van der Waals surface area contributed by atoms with E-state index in [1.807, 2.05) is 40.7 Å². The Morgan fingerprint density at radius 1 is 1.16 bits per heavy atom. The molecular formula is C23H40N5O3+. The molecule has 1 aliphatic heterocycles. The molecule has 31 heavy (non-hydrogen) atoms. The van der Waals surface area contributed by atoms with Gasteiger partial charge in [-0.15, -0.1) is 0 Å². The third-order valence-electron chi connectivity index (χ3n) is 5.70. The number of nitrogens with zero attached hydrogens (tertiary/aromatic N) is 3. The smallest absolute Gasteiger partial charge is 0.275 e. The summed E-state index contributed by atoms with van der Waals surface area (Å²) in [6.45, 7) is 17.2. The maximum Gasteiger partial charge on any atom is 0.275 e. The highest BCUT2D eigenvalue weighted by atomic mass is 16.2. The third-order valence-corrected chi connectivity index (χ3v) is 5.70. The largest absolute Gasteiger partial charge is 0.347 e. The zero-order valence-electron chi connectivity index (χ0n) is 20.5. The number of aryl methyl sites for hydroxylation is 1. The predicted molar refractivity (Wildman–Crippen MR) is 121 cm³/mol. The van der Waals surface area contributed by atoms with Gasteiger partial charge < -0.3 is 24.6 Å². The van der Waals surface area contributed by atoms with Crippen LogP contribution in [0.15, 0.2) is 6.07 Å². The average molecular weight is 435 g/mol. The number of quaternary nitrogens is 1. The van der Waals surface area contributed by atoms with E-state index >= 15 is 0 Å². The van der Waals surface area contributed by atoms with Gasteiger partial charge in [0.1, 0.15) is 0 Å². The molecule has 1 saturated heterocycles. The van der Waals surface area contributed by atoms with Gasteiger partial charge in [0.2, 0.25) is 5.91 Å². The Labute approximate surface area is 186 Å². The molecule has 8 heteroatoms. The van der Waals surface area contributed by atoms with E-state index in [4.69, 9.17) is 0 Å². The normalized spacial score (nSPS) is 15.3. The van der Waals surface area contributed by atoms with Crippen LogP contribution in [0.5, 0.6) is 0 Å². The maximum absolute atomic E-state index is 13.0. The Kier molecular flexibility index (Phi) is 7.92. The van der Waals surface area contributed by atoms with Crippen molar-refractivity contribution in [2.24, 2.45) is 0 Å². The van der Waals surface area contributed by atoms with Crippen molar-refractivity contribution < 1.29 is 19.3 Å². The van der Waals surface area contributed by atoms with Gasteiger partial charge in [-0.25, -0.2) is 0 Å². The van der Waals surface area contributed by atoms with E-state index in [-0.39, 0.29) is 35.8 Å². The van der Waals surface area contributed by atoms with Crippen molar-refractivity contribution in [3.05, 3.63) is 23.0 Å². The van der Waals surface area contributed by atoms with Crippen LogP contribution < -0.4 is 10.2 Å². The predicted octanol–water partition coefficient (Wildman–Crippen LogP) is 0.400. The highest BCUT2D eigenvalue weighted by Gasteiger charge is 2.28. The standard InChI is InChI=1S/C23H39N5O3/c1-16(2)28-17(3)13-19(18(28)4)22(31)25(8)15-21(30)27-11-9-26(10-12-27)14-20(29)24-23(5,6)7/h13,16H,9-12,14-15H2,1-8H3,(H,24,29)/p+1. The SMILES string of the molecule is Cc1cc(C(=O)N(C)CC(=O)N2CC[NH+](CC(=O)NC(C)(C)C)CC2)c(C)n1C(C)C. The van der Waals surface area contributed by atoms with E-state index in [1.54, 1.807) is 11.9 Å². The number of piperazine rings is 1. The molecule has 0 saturated carbocycles. The fraction of sp³-hybridized carbons (Fsp3) is 0.696. The van der Waals surface area contributed by atoms with Crippen LogP contribution in [0.3, 0.4) is 0 Å². The molecule has 0 aromatic carbocycles. The monoisotopic (exact) mass is 434 g/mol. The molecule has 0 bridgehead atoms. The number of nitrogens with one attached hydrogen (secondary N) is 2. The Balaban J connectivity index is 1.88. The zero-order chi connectivity index (χ0) is 23.5. The van der Waals surface area contributed by atoms with Crippen molar-refractivity contribution in [1.82, 2.24) is 19.7 Å². The van der Waals surface area contributed by atoms with Crippen molar-refractivity contribution in [3.8, 4) is 0 Å². The van der Waals surface area contributed by atoms with Gasteiger partial charge in [0.05, 0.1) is 38.3 Å². The Hall–Kier alpha value is -2.35. The minimum atomic E-state index is -0.238. The number of hydrogen-bond donors (Lipinski definition) is 2. The quantitative estimate of drug-likeness (QED) is 0.680. The second kappa shape index (κ2) is 9.85. The highest BCUT2D eigenvalue weighted by molar-refractivity contribution is 5.97. The van der Waals surface area contributed by atoms with Crippen molar-refractivity contribution in [3.63, 3.8) is 0 Å². The van der Waals surface area contributed by atoms with Crippen LogP contribution in [0.2, 0.25) is 0 Å². The molecule has 0 atom stereocenters. The topological polar surface area (TPSA) is 79.1 Å². The molecule has 1 aromatic heterocycles. The molecule has 2 N–H and O–H groups in total. The minimum absolute atomic E-state index is 0.0339. The maximum atomic E-state index is 13.0. The molecule has 3 amide bonds. The number of hydrogen-bond acceptors (Lipinski definition) is 3. The number of aromatic nitrogens is 1. The molecule has 2 rings (SSSR count). The summed E-state index contributed by atoms with van der Waals surface area (Å²) in [5, 5.41) is 2.99. The molecule has 1 aliphatic rings. The van der Waals surface area contributed by atoms with Crippen LogP contribution in [0.4, 0.5) is 0 Å². The van der Waals surface area contributed by atoms with Crippen molar-refractivity contribution in [2.45, 2.75) is 60.0 Å². The molecule has 0 spiro atoms. The fourth-order valence-corrected chi connectivity index (χ4v) is 4.31. The number of likely N-dealkylation sites (N-methyl/N-ethyl adjacent to an activating group) is 1. The van der Waals surface area contributed by atoms with Crippen LogP contribution >= 0.6 is 0 Å². The summed E-state index contributed by atoms with van der Waals surface area (Å²) in [4.78, 5) is 42.3. The Morgan fingerprint density at radius 3 is 2.23 bits per heavy atom. The molecule has 0 aliphatic carbocycles. The van der Waals surface area contributed by atoms with Gasteiger partial charge in [-0.3, -0.25) is 14.4 Å². The summed E-state index contributed by atoms with van der Waals surface area (Å²) >= 11 is 0. The van der Waals surface area contributed by atoms with Gasteiger partial charge in [-0.1, -0.05) is 0 Å². The fourth-order valence-electron chi connectivity index (χ4n) is 4.31. The summed E-state index contributed by atoms with van der Waals surface area (Å²) in [6.07, 6.45) is 0. The lowest BCUT2D eigenvalue weighted by Crippen LogP contribution is -3.16. The number of carbonyl (C=O) groups excluding carboxylic acids is 3. The first kappa shape index (κ1) is 24.9. The summed E-state index contributed by atoms with van der Waals surface area (Å²) < 4.78 is 2.14. The minimum Gasteiger partial charge on any atom is -0.347 e. The van der Waals surface area contributed by atoms with E-state index in [0.29, 0.717) is 25.2 Å². The number of rotatable bonds is 6. The molecule has 1 aromatic rings. The Bertz CT molecular complexity index is 814. The summed E-state index contributed by atoms with van der Waals surface area (Å²) in [5.41, 5.74) is 2.40. The molecule has 0 radical (unpaired) electrons. The summed E-state index contributed by atoms with van der Waals surface area (Å²) in [6, 6.07) is 2.18.